The van der Waals surface area contributed by atoms with Crippen LogP contribution in [-0.2, 0) is 11.3 Å². The van der Waals surface area contributed by atoms with Gasteiger partial charge < -0.3 is 20.7 Å². The minimum Gasteiger partial charge on any atom is -0.406 e. The van der Waals surface area contributed by atoms with Gasteiger partial charge in [-0.05, 0) is 29.8 Å². The fraction of sp³-hybridized carbons (Fsp3) is 0.222. The number of carbonyl (C=O) groups is 2. The van der Waals surface area contributed by atoms with Gasteiger partial charge in [0.05, 0.1) is 0 Å². The van der Waals surface area contributed by atoms with Crippen LogP contribution in [0.3, 0.4) is 0 Å². The maximum Gasteiger partial charge on any atom is 0.573 e. The van der Waals surface area contributed by atoms with Gasteiger partial charge in [0.2, 0.25) is 5.91 Å². The Balaban J connectivity index is 1.66. The second kappa shape index (κ2) is 9.46. The van der Waals surface area contributed by atoms with Gasteiger partial charge in [-0.2, -0.15) is 0 Å². The average molecular weight is 381 g/mol. The Labute approximate surface area is 153 Å². The number of hydrogen-bond acceptors (Lipinski definition) is 3. The van der Waals surface area contributed by atoms with E-state index in [1.165, 1.54) is 12.1 Å². The summed E-state index contributed by atoms with van der Waals surface area (Å²) in [7, 11) is 0. The highest BCUT2D eigenvalue weighted by atomic mass is 19.4. The number of benzene rings is 2. The lowest BCUT2D eigenvalue weighted by molar-refractivity contribution is -0.274. The Morgan fingerprint density at radius 2 is 1.59 bits per heavy atom. The van der Waals surface area contributed by atoms with Crippen molar-refractivity contribution in [3.05, 3.63) is 60.2 Å². The number of rotatable bonds is 7. The van der Waals surface area contributed by atoms with E-state index in [-0.39, 0.29) is 24.6 Å². The third-order valence-corrected chi connectivity index (χ3v) is 3.31. The molecule has 0 unspecified atom stereocenters. The second-order valence-corrected chi connectivity index (χ2v) is 5.47. The molecule has 0 aliphatic carbocycles. The largest absolute Gasteiger partial charge is 0.573 e. The van der Waals surface area contributed by atoms with Crippen LogP contribution < -0.4 is 20.7 Å². The van der Waals surface area contributed by atoms with Gasteiger partial charge in [0, 0.05) is 25.2 Å². The molecule has 9 heteroatoms. The van der Waals surface area contributed by atoms with Gasteiger partial charge in [-0.25, -0.2) is 4.79 Å². The molecular formula is C18H18F3N3O3. The molecule has 2 aromatic rings. The van der Waals surface area contributed by atoms with Crippen molar-refractivity contribution < 1.29 is 27.5 Å². The average Bonchev–Trinajstić information content (AvgIpc) is 2.61. The molecule has 0 aliphatic rings. The first-order chi connectivity index (χ1) is 12.8. The van der Waals surface area contributed by atoms with E-state index in [9.17, 15) is 22.8 Å². The van der Waals surface area contributed by atoms with E-state index in [1.807, 2.05) is 30.3 Å². The van der Waals surface area contributed by atoms with Crippen molar-refractivity contribution in [2.75, 3.05) is 11.9 Å². The molecule has 0 fully saturated rings. The van der Waals surface area contributed by atoms with Crippen molar-refractivity contribution in [2.45, 2.75) is 19.3 Å². The van der Waals surface area contributed by atoms with Crippen LogP contribution in [0.25, 0.3) is 0 Å². The van der Waals surface area contributed by atoms with E-state index in [2.05, 4.69) is 20.7 Å². The Kier molecular flexibility index (Phi) is 7.04. The molecular weight excluding hydrogens is 363 g/mol. The van der Waals surface area contributed by atoms with Crippen LogP contribution in [0.1, 0.15) is 12.0 Å². The summed E-state index contributed by atoms with van der Waals surface area (Å²) in [5.41, 5.74) is 1.27. The fourth-order valence-corrected chi connectivity index (χ4v) is 2.09. The standard InChI is InChI=1S/C18H18F3N3O3/c19-18(20,21)27-15-8-6-14(7-9-15)24-16(25)10-11-22-17(26)23-12-13-4-2-1-3-5-13/h1-9H,10-12H2,(H,24,25)(H2,22,23,26). The monoisotopic (exact) mass is 381 g/mol. The third-order valence-electron chi connectivity index (χ3n) is 3.31. The molecule has 3 amide bonds. The lowest BCUT2D eigenvalue weighted by Gasteiger charge is -2.10. The third kappa shape index (κ3) is 8.13. The van der Waals surface area contributed by atoms with Gasteiger partial charge in [0.1, 0.15) is 5.75 Å². The van der Waals surface area contributed by atoms with Crippen molar-refractivity contribution in [3.8, 4) is 5.75 Å². The molecule has 0 radical (unpaired) electrons. The zero-order chi connectivity index (χ0) is 19.7. The summed E-state index contributed by atoms with van der Waals surface area (Å²) in [6.07, 6.45) is -4.75. The smallest absolute Gasteiger partial charge is 0.406 e. The highest BCUT2D eigenvalue weighted by Gasteiger charge is 2.30. The second-order valence-electron chi connectivity index (χ2n) is 5.47. The van der Waals surface area contributed by atoms with E-state index < -0.39 is 12.4 Å². The van der Waals surface area contributed by atoms with E-state index in [0.717, 1.165) is 17.7 Å². The minimum atomic E-state index is -4.77. The molecule has 0 aromatic heterocycles. The van der Waals surface area contributed by atoms with Crippen molar-refractivity contribution >= 4 is 17.6 Å². The Morgan fingerprint density at radius 3 is 2.22 bits per heavy atom. The summed E-state index contributed by atoms with van der Waals surface area (Å²) < 4.78 is 40.0. The number of urea groups is 1. The molecule has 2 rings (SSSR count). The lowest BCUT2D eigenvalue weighted by Crippen LogP contribution is -2.36. The van der Waals surface area contributed by atoms with Crippen LogP contribution in [-0.4, -0.2) is 24.8 Å². The molecule has 3 N–H and O–H groups in total. The molecule has 0 spiro atoms. The molecule has 0 bridgehead atoms. The molecule has 27 heavy (non-hydrogen) atoms. The molecule has 0 heterocycles. The number of carbonyl (C=O) groups excluding carboxylic acids is 2. The van der Waals surface area contributed by atoms with Gasteiger partial charge in [-0.3, -0.25) is 4.79 Å². The van der Waals surface area contributed by atoms with Crippen molar-refractivity contribution in [1.29, 1.82) is 0 Å². The van der Waals surface area contributed by atoms with E-state index in [4.69, 9.17) is 0 Å². The Morgan fingerprint density at radius 1 is 0.926 bits per heavy atom. The summed E-state index contributed by atoms with van der Waals surface area (Å²) in [6, 6.07) is 13.7. The lowest BCUT2D eigenvalue weighted by atomic mass is 10.2. The summed E-state index contributed by atoms with van der Waals surface area (Å²) in [5, 5.41) is 7.72. The van der Waals surface area contributed by atoms with Crippen LogP contribution in [0.4, 0.5) is 23.7 Å². The van der Waals surface area contributed by atoms with E-state index in [1.54, 1.807) is 0 Å². The normalized spacial score (nSPS) is 10.8. The minimum absolute atomic E-state index is 0.0135. The van der Waals surface area contributed by atoms with Crippen LogP contribution in [0.2, 0.25) is 0 Å². The molecule has 2 aromatic carbocycles. The van der Waals surface area contributed by atoms with Crippen LogP contribution >= 0.6 is 0 Å². The van der Waals surface area contributed by atoms with E-state index >= 15 is 0 Å². The highest BCUT2D eigenvalue weighted by molar-refractivity contribution is 5.91. The predicted octanol–water partition coefficient (Wildman–Crippen LogP) is 3.41. The number of hydrogen-bond donors (Lipinski definition) is 3. The summed E-state index contributed by atoms with van der Waals surface area (Å²) in [6.45, 7) is 0.479. The molecule has 0 atom stereocenters. The molecule has 0 saturated heterocycles. The number of amides is 3. The zero-order valence-corrected chi connectivity index (χ0v) is 14.2. The number of ether oxygens (including phenoxy) is 1. The van der Waals surface area contributed by atoms with Crippen LogP contribution in [0.15, 0.2) is 54.6 Å². The van der Waals surface area contributed by atoms with E-state index in [0.29, 0.717) is 12.2 Å². The summed E-state index contributed by atoms with van der Waals surface area (Å²) >= 11 is 0. The maximum absolute atomic E-state index is 12.1. The molecule has 0 aliphatic heterocycles. The zero-order valence-electron chi connectivity index (χ0n) is 14.2. The number of anilines is 1. The van der Waals surface area contributed by atoms with Gasteiger partial charge in [0.25, 0.3) is 0 Å². The first-order valence-corrected chi connectivity index (χ1v) is 8.03. The Bertz CT molecular complexity index is 750. The van der Waals surface area contributed by atoms with Gasteiger partial charge >= 0.3 is 12.4 Å². The summed E-state index contributed by atoms with van der Waals surface area (Å²) in [4.78, 5) is 23.4. The fourth-order valence-electron chi connectivity index (χ4n) is 2.09. The van der Waals surface area contributed by atoms with Gasteiger partial charge in [0.15, 0.2) is 0 Å². The molecule has 6 nitrogen and oxygen atoms in total. The number of nitrogens with one attached hydrogen (secondary N) is 3. The van der Waals surface area contributed by atoms with Gasteiger partial charge in [-0.1, -0.05) is 30.3 Å². The Hall–Kier alpha value is -3.23. The maximum atomic E-state index is 12.1. The molecule has 0 saturated carbocycles. The first kappa shape index (κ1) is 20.1. The van der Waals surface area contributed by atoms with Crippen molar-refractivity contribution in [1.82, 2.24) is 10.6 Å². The highest BCUT2D eigenvalue weighted by Crippen LogP contribution is 2.23. The van der Waals surface area contributed by atoms with Gasteiger partial charge in [-0.15, -0.1) is 13.2 Å². The van der Waals surface area contributed by atoms with Crippen molar-refractivity contribution in [2.24, 2.45) is 0 Å². The topological polar surface area (TPSA) is 79.5 Å². The number of alkyl halides is 3. The predicted molar refractivity (Wildman–Crippen MR) is 93.1 cm³/mol. The molecule has 144 valence electrons. The summed E-state index contributed by atoms with van der Waals surface area (Å²) in [5.74, 6) is -0.764. The SMILES string of the molecule is O=C(CCNC(=O)NCc1ccccc1)Nc1ccc(OC(F)(F)F)cc1. The first-order valence-electron chi connectivity index (χ1n) is 8.03. The van der Waals surface area contributed by atoms with Crippen LogP contribution in [0, 0.1) is 0 Å². The quantitative estimate of drug-likeness (QED) is 0.688. The van der Waals surface area contributed by atoms with Crippen LogP contribution in [0.5, 0.6) is 5.75 Å². The van der Waals surface area contributed by atoms with Crippen molar-refractivity contribution in [3.63, 3.8) is 0 Å². The number of halogens is 3.